The van der Waals surface area contributed by atoms with Crippen LogP contribution >= 0.6 is 15.9 Å². The summed E-state index contributed by atoms with van der Waals surface area (Å²) >= 11 is 3.61. The second-order valence-electron chi connectivity index (χ2n) is 8.19. The van der Waals surface area contributed by atoms with Crippen molar-refractivity contribution in [2.45, 2.75) is 44.4 Å². The zero-order valence-corrected chi connectivity index (χ0v) is 18.2. The summed E-state index contributed by atoms with van der Waals surface area (Å²) < 4.78 is 21.1. The van der Waals surface area contributed by atoms with E-state index in [1.165, 1.54) is 24.1 Å². The van der Waals surface area contributed by atoms with Gasteiger partial charge in [-0.25, -0.2) is 9.40 Å². The van der Waals surface area contributed by atoms with Crippen molar-refractivity contribution >= 4 is 21.6 Å². The minimum absolute atomic E-state index is 0.147. The minimum atomic E-state index is -0.405. The summed E-state index contributed by atoms with van der Waals surface area (Å²) in [5.74, 6) is 0.747. The van der Waals surface area contributed by atoms with Gasteiger partial charge >= 0.3 is 0 Å². The molecule has 0 amide bonds. The van der Waals surface area contributed by atoms with Crippen LogP contribution in [0.25, 0.3) is 0 Å². The lowest BCUT2D eigenvalue weighted by Crippen LogP contribution is -2.59. The average Bonchev–Trinajstić information content (AvgIpc) is 3.18. The zero-order chi connectivity index (χ0) is 20.0. The summed E-state index contributed by atoms with van der Waals surface area (Å²) in [6.45, 7) is 5.40. The highest BCUT2D eigenvalue weighted by atomic mass is 79.9. The number of ether oxygens (including phenoxy) is 1. The van der Waals surface area contributed by atoms with E-state index in [2.05, 4.69) is 44.9 Å². The van der Waals surface area contributed by atoms with Crippen LogP contribution in [0.1, 0.15) is 49.8 Å². The summed E-state index contributed by atoms with van der Waals surface area (Å²) in [6, 6.07) is 13.1. The number of benzene rings is 2. The lowest BCUT2D eigenvalue weighted by atomic mass is 9.90. The molecule has 1 fully saturated rings. The number of fused-ring (bicyclic) bond motifs is 4. The van der Waals surface area contributed by atoms with Gasteiger partial charge in [0.05, 0.1) is 11.8 Å². The van der Waals surface area contributed by atoms with Gasteiger partial charge in [0.2, 0.25) is 5.72 Å². The van der Waals surface area contributed by atoms with E-state index in [0.29, 0.717) is 0 Å². The second kappa shape index (κ2) is 7.40. The SMILES string of the molecule is CCCN1CCC2(CC1)Oc1ccc(Br)cc1C1CC(c3ccc(F)cc3)=NN12. The highest BCUT2D eigenvalue weighted by molar-refractivity contribution is 9.10. The molecule has 1 saturated heterocycles. The Balaban J connectivity index is 1.52. The van der Waals surface area contributed by atoms with Crippen molar-refractivity contribution in [1.82, 2.24) is 9.91 Å². The second-order valence-corrected chi connectivity index (χ2v) is 9.11. The maximum Gasteiger partial charge on any atom is 0.200 e. The minimum Gasteiger partial charge on any atom is -0.466 e. The van der Waals surface area contributed by atoms with Gasteiger partial charge in [-0.15, -0.1) is 0 Å². The normalized spacial score (nSPS) is 22.8. The average molecular weight is 458 g/mol. The van der Waals surface area contributed by atoms with Crippen molar-refractivity contribution in [3.8, 4) is 5.75 Å². The number of halogens is 2. The standard InChI is InChI=1S/C23H25BrFN3O/c1-2-11-27-12-9-23(10-13-27)28-21(19-14-17(24)5-8-22(19)29-23)15-20(26-28)16-3-6-18(25)7-4-16/h3-8,14,21H,2,9-13,15H2,1H3. The van der Waals surface area contributed by atoms with Crippen molar-refractivity contribution in [2.24, 2.45) is 5.10 Å². The van der Waals surface area contributed by atoms with Crippen LogP contribution in [0, 0.1) is 5.82 Å². The third kappa shape index (κ3) is 3.36. The molecule has 152 valence electrons. The summed E-state index contributed by atoms with van der Waals surface area (Å²) in [6.07, 6.45) is 3.83. The number of rotatable bonds is 3. The number of nitrogens with zero attached hydrogens (tertiary/aromatic N) is 3. The molecule has 1 unspecified atom stereocenters. The van der Waals surface area contributed by atoms with Gasteiger partial charge in [-0.2, -0.15) is 5.10 Å². The quantitative estimate of drug-likeness (QED) is 0.622. The Hall–Kier alpha value is -1.92. The number of piperidine rings is 1. The Morgan fingerprint density at radius 3 is 2.66 bits per heavy atom. The molecule has 1 spiro atoms. The van der Waals surface area contributed by atoms with Gasteiger partial charge in [-0.05, 0) is 48.9 Å². The third-order valence-corrected chi connectivity index (χ3v) is 6.81. The van der Waals surface area contributed by atoms with Crippen molar-refractivity contribution in [2.75, 3.05) is 19.6 Å². The van der Waals surface area contributed by atoms with Crippen molar-refractivity contribution in [1.29, 1.82) is 0 Å². The summed E-state index contributed by atoms with van der Waals surface area (Å²) in [4.78, 5) is 2.52. The summed E-state index contributed by atoms with van der Waals surface area (Å²) in [5.41, 5.74) is 2.75. The van der Waals surface area contributed by atoms with Crippen LogP contribution in [0.2, 0.25) is 0 Å². The first-order chi connectivity index (χ1) is 14.1. The third-order valence-electron chi connectivity index (χ3n) is 6.31. The Morgan fingerprint density at radius 2 is 1.93 bits per heavy atom. The van der Waals surface area contributed by atoms with E-state index in [-0.39, 0.29) is 11.9 Å². The van der Waals surface area contributed by atoms with Gasteiger partial charge < -0.3 is 9.64 Å². The van der Waals surface area contributed by atoms with E-state index in [0.717, 1.165) is 60.4 Å². The molecule has 5 rings (SSSR count). The summed E-state index contributed by atoms with van der Waals surface area (Å²) in [7, 11) is 0. The molecule has 2 aromatic carbocycles. The molecule has 0 radical (unpaired) electrons. The molecule has 6 heteroatoms. The van der Waals surface area contributed by atoms with Gasteiger partial charge in [0.1, 0.15) is 11.6 Å². The number of hydrogen-bond acceptors (Lipinski definition) is 4. The fourth-order valence-electron chi connectivity index (χ4n) is 4.84. The molecular formula is C23H25BrFN3O. The molecule has 3 heterocycles. The molecule has 4 nitrogen and oxygen atoms in total. The number of hydrogen-bond donors (Lipinski definition) is 0. The maximum atomic E-state index is 13.4. The maximum absolute atomic E-state index is 13.4. The van der Waals surface area contributed by atoms with E-state index in [1.807, 2.05) is 18.2 Å². The number of hydrazone groups is 1. The van der Waals surface area contributed by atoms with Crippen LogP contribution < -0.4 is 4.74 Å². The molecule has 0 bridgehead atoms. The smallest absolute Gasteiger partial charge is 0.200 e. The largest absolute Gasteiger partial charge is 0.466 e. The Morgan fingerprint density at radius 1 is 1.17 bits per heavy atom. The van der Waals surface area contributed by atoms with E-state index in [9.17, 15) is 4.39 Å². The first-order valence-corrected chi connectivity index (χ1v) is 11.2. The Kier molecular flexibility index (Phi) is 4.87. The van der Waals surface area contributed by atoms with Gasteiger partial charge in [0.25, 0.3) is 0 Å². The van der Waals surface area contributed by atoms with E-state index >= 15 is 0 Å². The lowest BCUT2D eigenvalue weighted by molar-refractivity contribution is -0.149. The molecule has 2 aromatic rings. The van der Waals surface area contributed by atoms with Crippen LogP contribution in [0.4, 0.5) is 4.39 Å². The van der Waals surface area contributed by atoms with Crippen molar-refractivity contribution in [3.63, 3.8) is 0 Å². The molecule has 3 aliphatic rings. The van der Waals surface area contributed by atoms with Crippen molar-refractivity contribution in [3.05, 3.63) is 63.9 Å². The van der Waals surface area contributed by atoms with Gasteiger partial charge in [0.15, 0.2) is 0 Å². The molecular weight excluding hydrogens is 433 g/mol. The summed E-state index contributed by atoms with van der Waals surface area (Å²) in [5, 5.41) is 7.27. The molecule has 0 saturated carbocycles. The Labute approximate surface area is 179 Å². The van der Waals surface area contributed by atoms with E-state index in [4.69, 9.17) is 9.84 Å². The van der Waals surface area contributed by atoms with Crippen molar-refractivity contribution < 1.29 is 9.13 Å². The van der Waals surface area contributed by atoms with Gasteiger partial charge in [0, 0.05) is 42.4 Å². The van der Waals surface area contributed by atoms with Crippen LogP contribution in [-0.2, 0) is 0 Å². The van der Waals surface area contributed by atoms with Crippen LogP contribution in [0.15, 0.2) is 52.0 Å². The highest BCUT2D eigenvalue weighted by Gasteiger charge is 2.51. The van der Waals surface area contributed by atoms with E-state index in [1.54, 1.807) is 0 Å². The number of likely N-dealkylation sites (tertiary alicyclic amines) is 1. The van der Waals surface area contributed by atoms with Gasteiger partial charge in [-0.3, -0.25) is 0 Å². The Bertz CT molecular complexity index is 938. The first kappa shape index (κ1) is 19.1. The predicted molar refractivity (Wildman–Crippen MR) is 116 cm³/mol. The van der Waals surface area contributed by atoms with Crippen LogP contribution in [0.3, 0.4) is 0 Å². The van der Waals surface area contributed by atoms with Gasteiger partial charge in [-0.1, -0.05) is 35.0 Å². The predicted octanol–water partition coefficient (Wildman–Crippen LogP) is 5.33. The molecule has 29 heavy (non-hydrogen) atoms. The fraction of sp³-hybridized carbons (Fsp3) is 0.435. The highest BCUT2D eigenvalue weighted by Crippen LogP contribution is 2.50. The molecule has 0 aromatic heterocycles. The zero-order valence-electron chi connectivity index (χ0n) is 16.6. The molecule has 1 atom stereocenters. The van der Waals surface area contributed by atoms with Crippen LogP contribution in [0.5, 0.6) is 5.75 Å². The molecule has 3 aliphatic heterocycles. The first-order valence-electron chi connectivity index (χ1n) is 10.4. The topological polar surface area (TPSA) is 28.1 Å². The van der Waals surface area contributed by atoms with Crippen LogP contribution in [-0.4, -0.2) is 41.0 Å². The fourth-order valence-corrected chi connectivity index (χ4v) is 5.22. The monoisotopic (exact) mass is 457 g/mol. The molecule has 0 N–H and O–H groups in total. The molecule has 0 aliphatic carbocycles. The lowest BCUT2D eigenvalue weighted by Gasteiger charge is -2.51. The van der Waals surface area contributed by atoms with E-state index < -0.39 is 5.72 Å².